The quantitative estimate of drug-likeness (QED) is 0.359. The Kier molecular flexibility index (Phi) is 5.93. The van der Waals surface area contributed by atoms with Crippen LogP contribution in [0.25, 0.3) is 0 Å². The molecular formula is C7H8Cl3NO4. The van der Waals surface area contributed by atoms with E-state index in [1.54, 1.807) is 0 Å². The highest BCUT2D eigenvalue weighted by Crippen LogP contribution is 2.25. The zero-order valence-corrected chi connectivity index (χ0v) is 9.95. The molecule has 15 heavy (non-hydrogen) atoms. The molecule has 0 fully saturated rings. The Morgan fingerprint density at radius 3 is 2.20 bits per heavy atom. The van der Waals surface area contributed by atoms with Crippen LogP contribution in [0, 0.1) is 0 Å². The number of hydrogen-bond acceptors (Lipinski definition) is 4. The van der Waals surface area contributed by atoms with E-state index in [1.165, 1.54) is 6.92 Å². The summed E-state index contributed by atoms with van der Waals surface area (Å²) >= 11 is 15.6. The zero-order valence-electron chi connectivity index (χ0n) is 7.68. The van der Waals surface area contributed by atoms with E-state index in [9.17, 15) is 14.4 Å². The molecule has 0 aromatic carbocycles. The summed E-state index contributed by atoms with van der Waals surface area (Å²) in [6.07, 6.45) is -0.358. The second kappa shape index (κ2) is 6.15. The van der Waals surface area contributed by atoms with E-state index in [4.69, 9.17) is 34.8 Å². The van der Waals surface area contributed by atoms with Gasteiger partial charge in [0.05, 0.1) is 0 Å². The number of nitrogens with one attached hydrogen (secondary N) is 1. The average molecular weight is 277 g/mol. The minimum atomic E-state index is -2.10. The standard InChI is InChI=1S/C7H8Cl3NO4/c1-4(12)2-5(13)15-3-11-6(14)7(8,9)10/h2-3H2,1H3,(H,11,14). The van der Waals surface area contributed by atoms with Gasteiger partial charge in [-0.2, -0.15) is 0 Å². The van der Waals surface area contributed by atoms with E-state index in [2.05, 4.69) is 4.74 Å². The Bertz CT molecular complexity index is 274. The lowest BCUT2D eigenvalue weighted by atomic mass is 10.3. The number of amides is 1. The third kappa shape index (κ3) is 7.41. The molecule has 8 heteroatoms. The Balaban J connectivity index is 3.76. The van der Waals surface area contributed by atoms with Gasteiger partial charge in [-0.25, -0.2) is 0 Å². The molecule has 0 aliphatic rings. The van der Waals surface area contributed by atoms with E-state index >= 15 is 0 Å². The summed E-state index contributed by atoms with van der Waals surface area (Å²) in [7, 11) is 0. The molecule has 0 rings (SSSR count). The lowest BCUT2D eigenvalue weighted by Crippen LogP contribution is -2.36. The number of hydrogen-bond donors (Lipinski definition) is 1. The molecule has 86 valence electrons. The molecular weight excluding hydrogens is 268 g/mol. The molecule has 0 radical (unpaired) electrons. The van der Waals surface area contributed by atoms with Gasteiger partial charge in [-0.1, -0.05) is 34.8 Å². The van der Waals surface area contributed by atoms with Crippen LogP contribution in [0.3, 0.4) is 0 Å². The summed E-state index contributed by atoms with van der Waals surface area (Å²) in [6, 6.07) is 0. The van der Waals surface area contributed by atoms with Gasteiger partial charge >= 0.3 is 5.97 Å². The van der Waals surface area contributed by atoms with Crippen LogP contribution in [0.15, 0.2) is 0 Å². The lowest BCUT2D eigenvalue weighted by Gasteiger charge is -2.11. The van der Waals surface area contributed by atoms with E-state index in [1.807, 2.05) is 5.32 Å². The Morgan fingerprint density at radius 2 is 1.80 bits per heavy atom. The minimum Gasteiger partial charge on any atom is -0.444 e. The number of ketones is 1. The van der Waals surface area contributed by atoms with Crippen LogP contribution in [0.2, 0.25) is 0 Å². The van der Waals surface area contributed by atoms with Gasteiger partial charge in [0.2, 0.25) is 0 Å². The van der Waals surface area contributed by atoms with Crippen LogP contribution in [0.5, 0.6) is 0 Å². The summed E-state index contributed by atoms with van der Waals surface area (Å²) in [4.78, 5) is 32.2. The Labute approximate surface area is 101 Å². The normalized spacial score (nSPS) is 10.7. The number of Topliss-reactive ketones (excluding diaryl/α,β-unsaturated/α-hetero) is 1. The molecule has 0 aliphatic carbocycles. The third-order valence-corrected chi connectivity index (χ3v) is 1.63. The average Bonchev–Trinajstić information content (AvgIpc) is 2.00. The molecule has 0 spiro atoms. The van der Waals surface area contributed by atoms with Crippen molar-refractivity contribution in [2.24, 2.45) is 0 Å². The number of alkyl halides is 3. The van der Waals surface area contributed by atoms with Crippen molar-refractivity contribution in [1.29, 1.82) is 0 Å². The maximum absolute atomic E-state index is 10.9. The van der Waals surface area contributed by atoms with Crippen LogP contribution >= 0.6 is 34.8 Å². The zero-order chi connectivity index (χ0) is 12.1. The SMILES string of the molecule is CC(=O)CC(=O)OCNC(=O)C(Cl)(Cl)Cl. The molecule has 1 N–H and O–H groups in total. The smallest absolute Gasteiger partial charge is 0.315 e. The Morgan fingerprint density at radius 1 is 1.27 bits per heavy atom. The second-order valence-electron chi connectivity index (χ2n) is 2.54. The number of carbonyl (C=O) groups excluding carboxylic acids is 3. The number of rotatable bonds is 4. The first kappa shape index (κ1) is 14.5. The number of esters is 1. The van der Waals surface area contributed by atoms with Gasteiger partial charge in [-0.3, -0.25) is 14.4 Å². The molecule has 0 heterocycles. The van der Waals surface area contributed by atoms with E-state index < -0.39 is 22.4 Å². The van der Waals surface area contributed by atoms with Gasteiger partial charge in [0.1, 0.15) is 12.2 Å². The predicted octanol–water partition coefficient (Wildman–Crippen LogP) is 0.953. The van der Waals surface area contributed by atoms with Crippen molar-refractivity contribution in [3.05, 3.63) is 0 Å². The molecule has 0 aromatic heterocycles. The van der Waals surface area contributed by atoms with Gasteiger partial charge in [0, 0.05) is 0 Å². The number of halogens is 3. The first-order chi connectivity index (χ1) is 6.73. The van der Waals surface area contributed by atoms with Crippen molar-refractivity contribution >= 4 is 52.5 Å². The molecule has 0 saturated heterocycles. The largest absolute Gasteiger partial charge is 0.444 e. The van der Waals surface area contributed by atoms with Gasteiger partial charge in [-0.05, 0) is 6.92 Å². The molecule has 0 aromatic rings. The van der Waals surface area contributed by atoms with Crippen molar-refractivity contribution in [2.75, 3.05) is 6.73 Å². The summed E-state index contributed by atoms with van der Waals surface area (Å²) in [5.74, 6) is -2.01. The van der Waals surface area contributed by atoms with Crippen molar-refractivity contribution in [1.82, 2.24) is 5.32 Å². The van der Waals surface area contributed by atoms with Gasteiger partial charge in [-0.15, -0.1) is 0 Å². The fraction of sp³-hybridized carbons (Fsp3) is 0.571. The molecule has 0 bridgehead atoms. The summed E-state index contributed by atoms with van der Waals surface area (Å²) in [5.41, 5.74) is 0. The van der Waals surface area contributed by atoms with Crippen molar-refractivity contribution in [2.45, 2.75) is 17.1 Å². The first-order valence-electron chi connectivity index (χ1n) is 3.73. The van der Waals surface area contributed by atoms with Crippen molar-refractivity contribution < 1.29 is 19.1 Å². The highest BCUT2D eigenvalue weighted by atomic mass is 35.6. The van der Waals surface area contributed by atoms with Crippen LogP contribution in [0.4, 0.5) is 0 Å². The van der Waals surface area contributed by atoms with Crippen LogP contribution in [-0.4, -0.2) is 28.2 Å². The minimum absolute atomic E-state index is 0.340. The highest BCUT2D eigenvalue weighted by Gasteiger charge is 2.30. The van der Waals surface area contributed by atoms with E-state index in [0.717, 1.165) is 0 Å². The topological polar surface area (TPSA) is 72.5 Å². The molecule has 0 unspecified atom stereocenters. The highest BCUT2D eigenvalue weighted by molar-refractivity contribution is 6.76. The van der Waals surface area contributed by atoms with Crippen molar-refractivity contribution in [3.8, 4) is 0 Å². The number of ether oxygens (including phenoxy) is 1. The van der Waals surface area contributed by atoms with Crippen LogP contribution < -0.4 is 5.32 Å². The van der Waals surface area contributed by atoms with Crippen molar-refractivity contribution in [3.63, 3.8) is 0 Å². The molecule has 0 atom stereocenters. The maximum atomic E-state index is 10.9. The Hall–Kier alpha value is -0.520. The summed E-state index contributed by atoms with van der Waals surface area (Å²) < 4.78 is 2.35. The summed E-state index contributed by atoms with van der Waals surface area (Å²) in [6.45, 7) is 0.792. The van der Waals surface area contributed by atoms with E-state index in [-0.39, 0.29) is 12.2 Å². The van der Waals surface area contributed by atoms with Gasteiger partial charge < -0.3 is 10.1 Å². The molecule has 1 amide bonds. The monoisotopic (exact) mass is 275 g/mol. The second-order valence-corrected chi connectivity index (χ2v) is 4.82. The van der Waals surface area contributed by atoms with Gasteiger partial charge in [0.15, 0.2) is 6.73 Å². The van der Waals surface area contributed by atoms with Crippen LogP contribution in [0.1, 0.15) is 13.3 Å². The molecule has 5 nitrogen and oxygen atoms in total. The van der Waals surface area contributed by atoms with Gasteiger partial charge in [0.25, 0.3) is 9.70 Å². The lowest BCUT2D eigenvalue weighted by molar-refractivity contribution is -0.147. The van der Waals surface area contributed by atoms with Crippen LogP contribution in [-0.2, 0) is 19.1 Å². The molecule has 0 aliphatic heterocycles. The third-order valence-electron chi connectivity index (χ3n) is 1.12. The fourth-order valence-corrected chi connectivity index (χ4v) is 0.737. The van der Waals surface area contributed by atoms with E-state index in [0.29, 0.717) is 0 Å². The molecule has 0 saturated carbocycles. The predicted molar refractivity (Wildman–Crippen MR) is 54.7 cm³/mol. The maximum Gasteiger partial charge on any atom is 0.315 e. The summed E-state index contributed by atoms with van der Waals surface area (Å²) in [5, 5.41) is 2.04. The number of carbonyl (C=O) groups is 3. The fourth-order valence-electron chi connectivity index (χ4n) is 0.537. The first-order valence-corrected chi connectivity index (χ1v) is 4.87.